The molecule has 0 aromatic heterocycles. The van der Waals surface area contributed by atoms with Crippen molar-refractivity contribution in [3.05, 3.63) is 35.4 Å². The number of nitriles is 2. The Kier molecular flexibility index (Phi) is 3.55. The van der Waals surface area contributed by atoms with Gasteiger partial charge in [0.2, 0.25) is 0 Å². The van der Waals surface area contributed by atoms with E-state index in [-0.39, 0.29) is 17.4 Å². The van der Waals surface area contributed by atoms with E-state index in [0.717, 1.165) is 24.9 Å². The zero-order chi connectivity index (χ0) is 16.7. The number of carbonyl (C=O) groups excluding carboxylic acids is 1. The van der Waals surface area contributed by atoms with Gasteiger partial charge in [-0.3, -0.25) is 9.69 Å². The van der Waals surface area contributed by atoms with Gasteiger partial charge in [0.25, 0.3) is 5.91 Å². The van der Waals surface area contributed by atoms with Gasteiger partial charge in [-0.05, 0) is 43.4 Å². The number of hydrogen-bond acceptors (Lipinski definition) is 4. The van der Waals surface area contributed by atoms with Crippen molar-refractivity contribution >= 4 is 5.91 Å². The number of benzene rings is 1. The molecule has 1 aromatic carbocycles. The van der Waals surface area contributed by atoms with Crippen LogP contribution in [0, 0.1) is 22.7 Å². The molecule has 5 nitrogen and oxygen atoms in total. The van der Waals surface area contributed by atoms with E-state index in [1.54, 1.807) is 4.90 Å². The van der Waals surface area contributed by atoms with Gasteiger partial charge in [-0.1, -0.05) is 12.1 Å². The third-order valence-corrected chi connectivity index (χ3v) is 5.52. The summed E-state index contributed by atoms with van der Waals surface area (Å²) in [5, 5.41) is 18.7. The van der Waals surface area contributed by atoms with Crippen molar-refractivity contribution < 1.29 is 4.79 Å². The van der Waals surface area contributed by atoms with E-state index < -0.39 is 0 Å². The zero-order valence-electron chi connectivity index (χ0n) is 13.6. The molecule has 1 heterocycles. The van der Waals surface area contributed by atoms with Gasteiger partial charge < -0.3 is 4.90 Å². The molecule has 2 saturated carbocycles. The second kappa shape index (κ2) is 5.61. The van der Waals surface area contributed by atoms with Crippen LogP contribution in [0.5, 0.6) is 0 Å². The van der Waals surface area contributed by atoms with E-state index in [1.165, 1.54) is 12.8 Å². The minimum Gasteiger partial charge on any atom is -0.335 e. The standard InChI is InChI=1S/C19H20N4O/c20-11-17-12-22(9-10-23(17)16-5-6-16)18(24)14-1-3-15(4-2-14)19(13-21)7-8-19/h1-4,16-17H,5-10,12H2. The van der Waals surface area contributed by atoms with Crippen LogP contribution >= 0.6 is 0 Å². The van der Waals surface area contributed by atoms with Gasteiger partial charge in [-0.2, -0.15) is 10.5 Å². The summed E-state index contributed by atoms with van der Waals surface area (Å²) in [7, 11) is 0. The fourth-order valence-electron chi connectivity index (χ4n) is 3.64. The van der Waals surface area contributed by atoms with Crippen LogP contribution in [0.3, 0.4) is 0 Å². The van der Waals surface area contributed by atoms with Crippen molar-refractivity contribution in [1.29, 1.82) is 10.5 Å². The van der Waals surface area contributed by atoms with Gasteiger partial charge >= 0.3 is 0 Å². The molecule has 5 heteroatoms. The van der Waals surface area contributed by atoms with Crippen molar-refractivity contribution in [2.45, 2.75) is 43.2 Å². The minimum absolute atomic E-state index is 0.0148. The number of carbonyl (C=O) groups is 1. The second-order valence-electron chi connectivity index (χ2n) is 7.14. The van der Waals surface area contributed by atoms with E-state index in [2.05, 4.69) is 17.0 Å². The summed E-state index contributed by atoms with van der Waals surface area (Å²) in [6.45, 7) is 1.94. The average Bonchev–Trinajstić information content (AvgIpc) is 3.54. The maximum Gasteiger partial charge on any atom is 0.253 e. The van der Waals surface area contributed by atoms with Crippen LogP contribution in [0.1, 0.15) is 41.6 Å². The zero-order valence-corrected chi connectivity index (χ0v) is 13.6. The second-order valence-corrected chi connectivity index (χ2v) is 7.14. The molecule has 0 radical (unpaired) electrons. The molecule has 1 saturated heterocycles. The molecule has 1 aliphatic heterocycles. The molecule has 2 aliphatic carbocycles. The van der Waals surface area contributed by atoms with Gasteiger partial charge in [0.05, 0.1) is 17.6 Å². The lowest BCUT2D eigenvalue weighted by molar-refractivity contribution is 0.0550. The number of piperazine rings is 1. The quantitative estimate of drug-likeness (QED) is 0.854. The van der Waals surface area contributed by atoms with Gasteiger partial charge in [-0.25, -0.2) is 0 Å². The Bertz CT molecular complexity index is 734. The molecule has 122 valence electrons. The minimum atomic E-state index is -0.316. The van der Waals surface area contributed by atoms with E-state index in [1.807, 2.05) is 24.3 Å². The molecule has 0 N–H and O–H groups in total. The Balaban J connectivity index is 1.46. The van der Waals surface area contributed by atoms with Crippen LogP contribution in [0.15, 0.2) is 24.3 Å². The molecule has 0 bridgehead atoms. The SMILES string of the molecule is N#CC1CN(C(=O)c2ccc(C3(C#N)CC3)cc2)CCN1C1CC1. The lowest BCUT2D eigenvalue weighted by atomic mass is 9.96. The molecule has 1 atom stereocenters. The van der Waals surface area contributed by atoms with Crippen LogP contribution in [-0.4, -0.2) is 47.4 Å². The lowest BCUT2D eigenvalue weighted by Gasteiger charge is -2.38. The highest BCUT2D eigenvalue weighted by Crippen LogP contribution is 2.47. The van der Waals surface area contributed by atoms with Crippen LogP contribution < -0.4 is 0 Å². The topological polar surface area (TPSA) is 71.1 Å². The Morgan fingerprint density at radius 2 is 1.83 bits per heavy atom. The maximum absolute atomic E-state index is 12.7. The van der Waals surface area contributed by atoms with Gasteiger partial charge in [0.15, 0.2) is 0 Å². The molecule has 1 aromatic rings. The molecule has 1 amide bonds. The predicted molar refractivity (Wildman–Crippen MR) is 88.0 cm³/mol. The van der Waals surface area contributed by atoms with Crippen molar-refractivity contribution in [3.63, 3.8) is 0 Å². The molecular weight excluding hydrogens is 300 g/mol. The summed E-state index contributed by atoms with van der Waals surface area (Å²) in [4.78, 5) is 16.8. The van der Waals surface area contributed by atoms with E-state index in [4.69, 9.17) is 0 Å². The first-order valence-electron chi connectivity index (χ1n) is 8.63. The fraction of sp³-hybridized carbons (Fsp3) is 0.526. The number of amides is 1. The summed E-state index contributed by atoms with van der Waals surface area (Å²) in [5.41, 5.74) is 1.34. The predicted octanol–water partition coefficient (Wildman–Crippen LogP) is 2.05. The summed E-state index contributed by atoms with van der Waals surface area (Å²) in [6.07, 6.45) is 4.16. The molecule has 3 fully saturated rings. The lowest BCUT2D eigenvalue weighted by Crippen LogP contribution is -2.54. The van der Waals surface area contributed by atoms with E-state index in [0.29, 0.717) is 24.7 Å². The first-order chi connectivity index (χ1) is 11.7. The average molecular weight is 320 g/mol. The number of rotatable bonds is 3. The van der Waals surface area contributed by atoms with Crippen LogP contribution in [0.4, 0.5) is 0 Å². The Labute approximate surface area is 142 Å². The highest BCUT2D eigenvalue weighted by atomic mass is 16.2. The molecule has 4 rings (SSSR count). The smallest absolute Gasteiger partial charge is 0.253 e. The van der Waals surface area contributed by atoms with Crippen molar-refractivity contribution in [1.82, 2.24) is 9.80 Å². The Morgan fingerprint density at radius 3 is 2.38 bits per heavy atom. The van der Waals surface area contributed by atoms with Gasteiger partial charge in [0, 0.05) is 31.2 Å². The van der Waals surface area contributed by atoms with Gasteiger partial charge in [-0.15, -0.1) is 0 Å². The highest BCUT2D eigenvalue weighted by Gasteiger charge is 2.45. The monoisotopic (exact) mass is 320 g/mol. The first-order valence-corrected chi connectivity index (χ1v) is 8.63. The van der Waals surface area contributed by atoms with Crippen molar-refractivity contribution in [2.24, 2.45) is 0 Å². The highest BCUT2D eigenvalue weighted by molar-refractivity contribution is 5.94. The van der Waals surface area contributed by atoms with E-state index >= 15 is 0 Å². The largest absolute Gasteiger partial charge is 0.335 e. The van der Waals surface area contributed by atoms with Gasteiger partial charge in [0.1, 0.15) is 6.04 Å². The third kappa shape index (κ3) is 2.56. The Morgan fingerprint density at radius 1 is 1.12 bits per heavy atom. The normalized spacial score (nSPS) is 25.6. The van der Waals surface area contributed by atoms with Crippen molar-refractivity contribution in [3.8, 4) is 12.1 Å². The number of nitrogens with zero attached hydrogens (tertiary/aromatic N) is 4. The summed E-state index contributed by atoms with van der Waals surface area (Å²) >= 11 is 0. The Hall–Kier alpha value is -2.37. The summed E-state index contributed by atoms with van der Waals surface area (Å²) < 4.78 is 0. The molecular formula is C19H20N4O. The summed E-state index contributed by atoms with van der Waals surface area (Å²) in [5.74, 6) is -0.0148. The molecule has 1 unspecified atom stereocenters. The first kappa shape index (κ1) is 15.2. The van der Waals surface area contributed by atoms with Crippen LogP contribution in [0.2, 0.25) is 0 Å². The molecule has 3 aliphatic rings. The van der Waals surface area contributed by atoms with E-state index in [9.17, 15) is 15.3 Å². The maximum atomic E-state index is 12.7. The fourth-order valence-corrected chi connectivity index (χ4v) is 3.64. The molecule has 0 spiro atoms. The third-order valence-electron chi connectivity index (χ3n) is 5.52. The molecule has 24 heavy (non-hydrogen) atoms. The van der Waals surface area contributed by atoms with Crippen LogP contribution in [0.25, 0.3) is 0 Å². The van der Waals surface area contributed by atoms with Crippen LogP contribution in [-0.2, 0) is 5.41 Å². The van der Waals surface area contributed by atoms with Crippen molar-refractivity contribution in [2.75, 3.05) is 19.6 Å². The number of hydrogen-bond donors (Lipinski definition) is 0. The summed E-state index contributed by atoms with van der Waals surface area (Å²) in [6, 6.07) is 12.6.